The van der Waals surface area contributed by atoms with Gasteiger partial charge in [-0.1, -0.05) is 42.8 Å². The van der Waals surface area contributed by atoms with Gasteiger partial charge in [0, 0.05) is 28.9 Å². The van der Waals surface area contributed by atoms with E-state index in [2.05, 4.69) is 17.1 Å². The van der Waals surface area contributed by atoms with Crippen LogP contribution in [0.15, 0.2) is 71.7 Å². The summed E-state index contributed by atoms with van der Waals surface area (Å²) in [6, 6.07) is 19.6. The molecular formula is C25H24N2O2. The van der Waals surface area contributed by atoms with Crippen molar-refractivity contribution in [3.63, 3.8) is 0 Å². The summed E-state index contributed by atoms with van der Waals surface area (Å²) < 4.78 is 7.45. The predicted octanol–water partition coefficient (Wildman–Crippen LogP) is 5.17. The number of aromatic nitrogens is 2. The Kier molecular flexibility index (Phi) is 4.68. The van der Waals surface area contributed by atoms with Crippen LogP contribution in [0.3, 0.4) is 0 Å². The molecule has 0 saturated carbocycles. The van der Waals surface area contributed by atoms with Gasteiger partial charge in [-0.25, -0.2) is 0 Å². The number of rotatable bonds is 4. The molecule has 0 atom stereocenters. The Bertz CT molecular complexity index is 1200. The maximum Gasteiger partial charge on any atom is 0.258 e. The van der Waals surface area contributed by atoms with E-state index in [0.29, 0.717) is 12.4 Å². The van der Waals surface area contributed by atoms with Crippen molar-refractivity contribution in [2.45, 2.75) is 38.7 Å². The average molecular weight is 384 g/mol. The molecule has 2 aromatic heterocycles. The summed E-state index contributed by atoms with van der Waals surface area (Å²) in [5.74, 6) is 0.586. The number of ether oxygens (including phenoxy) is 1. The number of fused-ring (bicyclic) bond motifs is 3. The molecule has 0 bridgehead atoms. The highest BCUT2D eigenvalue weighted by atomic mass is 16.5. The number of hydrogen-bond acceptors (Lipinski definition) is 2. The van der Waals surface area contributed by atoms with E-state index in [4.69, 9.17) is 4.74 Å². The Morgan fingerprint density at radius 1 is 0.931 bits per heavy atom. The number of pyridine rings is 1. The molecule has 146 valence electrons. The monoisotopic (exact) mass is 384 g/mol. The highest BCUT2D eigenvalue weighted by Gasteiger charge is 2.15. The minimum Gasteiger partial charge on any atom is -0.489 e. The Labute approximate surface area is 169 Å². The largest absolute Gasteiger partial charge is 0.489 e. The van der Waals surface area contributed by atoms with Crippen molar-refractivity contribution < 1.29 is 4.74 Å². The molecule has 4 nitrogen and oxygen atoms in total. The van der Waals surface area contributed by atoms with Crippen LogP contribution < -0.4 is 10.3 Å². The SMILES string of the molecule is O=c1cc(OCc2ccccc2)ccn1-c1ccc2c3c([nH]c2c1)CCCCC3. The lowest BCUT2D eigenvalue weighted by Crippen LogP contribution is -2.16. The van der Waals surface area contributed by atoms with Crippen LogP contribution in [0.25, 0.3) is 16.6 Å². The molecule has 4 aromatic rings. The lowest BCUT2D eigenvalue weighted by atomic mass is 10.1. The number of nitrogens with one attached hydrogen (secondary N) is 1. The van der Waals surface area contributed by atoms with Crippen molar-refractivity contribution in [3.8, 4) is 11.4 Å². The van der Waals surface area contributed by atoms with Gasteiger partial charge in [0.2, 0.25) is 0 Å². The first-order valence-corrected chi connectivity index (χ1v) is 10.3. The van der Waals surface area contributed by atoms with Crippen LogP contribution in [-0.2, 0) is 19.4 Å². The van der Waals surface area contributed by atoms with Crippen molar-refractivity contribution in [2.24, 2.45) is 0 Å². The summed E-state index contributed by atoms with van der Waals surface area (Å²) in [4.78, 5) is 16.3. The number of H-pyrrole nitrogens is 1. The third-order valence-electron chi connectivity index (χ3n) is 5.75. The van der Waals surface area contributed by atoms with E-state index in [-0.39, 0.29) is 5.56 Å². The van der Waals surface area contributed by atoms with Crippen molar-refractivity contribution in [3.05, 3.63) is 94.0 Å². The van der Waals surface area contributed by atoms with E-state index in [0.717, 1.165) is 29.6 Å². The molecule has 0 amide bonds. The smallest absolute Gasteiger partial charge is 0.258 e. The molecule has 2 heterocycles. The van der Waals surface area contributed by atoms with E-state index in [1.807, 2.05) is 42.5 Å². The second-order valence-corrected chi connectivity index (χ2v) is 7.72. The summed E-state index contributed by atoms with van der Waals surface area (Å²) in [6.07, 6.45) is 7.85. The second-order valence-electron chi connectivity index (χ2n) is 7.72. The molecule has 5 rings (SSSR count). The number of nitrogens with zero attached hydrogens (tertiary/aromatic N) is 1. The summed E-state index contributed by atoms with van der Waals surface area (Å²) in [5.41, 5.74) is 5.80. The van der Waals surface area contributed by atoms with Crippen LogP contribution >= 0.6 is 0 Å². The standard InChI is InChI=1S/C25H24N2O2/c28-25-16-20(29-17-18-7-3-1-4-8-18)13-14-27(25)19-11-12-22-21-9-5-2-6-10-23(21)26-24(22)15-19/h1,3-4,7-8,11-16,26H,2,5-6,9-10,17H2. The Balaban J connectivity index is 1.41. The lowest BCUT2D eigenvalue weighted by Gasteiger charge is -2.09. The van der Waals surface area contributed by atoms with E-state index in [1.165, 1.54) is 35.9 Å². The first-order chi connectivity index (χ1) is 14.3. The van der Waals surface area contributed by atoms with E-state index < -0.39 is 0 Å². The summed E-state index contributed by atoms with van der Waals surface area (Å²) in [5, 5.41) is 1.29. The Morgan fingerprint density at radius 2 is 1.79 bits per heavy atom. The number of aryl methyl sites for hydroxylation is 2. The molecule has 0 fully saturated rings. The Hall–Kier alpha value is -3.27. The molecule has 2 aromatic carbocycles. The van der Waals surface area contributed by atoms with Gasteiger partial charge in [-0.15, -0.1) is 0 Å². The predicted molar refractivity (Wildman–Crippen MR) is 116 cm³/mol. The van der Waals surface area contributed by atoms with Gasteiger partial charge >= 0.3 is 0 Å². The van der Waals surface area contributed by atoms with Crippen LogP contribution in [-0.4, -0.2) is 9.55 Å². The molecule has 0 spiro atoms. The maximum absolute atomic E-state index is 12.7. The number of hydrogen-bond donors (Lipinski definition) is 1. The fourth-order valence-corrected chi connectivity index (χ4v) is 4.23. The van der Waals surface area contributed by atoms with Crippen LogP contribution in [0.2, 0.25) is 0 Å². The molecule has 1 aliphatic carbocycles. The van der Waals surface area contributed by atoms with E-state index >= 15 is 0 Å². The lowest BCUT2D eigenvalue weighted by molar-refractivity contribution is 0.305. The number of aromatic amines is 1. The van der Waals surface area contributed by atoms with Gasteiger partial charge in [-0.2, -0.15) is 0 Å². The third kappa shape index (κ3) is 3.58. The molecule has 29 heavy (non-hydrogen) atoms. The molecule has 0 radical (unpaired) electrons. The first kappa shape index (κ1) is 17.8. The van der Waals surface area contributed by atoms with Gasteiger partial charge in [-0.05, 0) is 55.0 Å². The quantitative estimate of drug-likeness (QED) is 0.494. The zero-order valence-corrected chi connectivity index (χ0v) is 16.4. The van der Waals surface area contributed by atoms with E-state index in [9.17, 15) is 4.79 Å². The normalized spacial score (nSPS) is 13.8. The maximum atomic E-state index is 12.7. The summed E-state index contributed by atoms with van der Waals surface area (Å²) >= 11 is 0. The van der Waals surface area contributed by atoms with Gasteiger partial charge in [0.15, 0.2) is 0 Å². The van der Waals surface area contributed by atoms with Gasteiger partial charge in [0.1, 0.15) is 12.4 Å². The topological polar surface area (TPSA) is 47.0 Å². The van der Waals surface area contributed by atoms with E-state index in [1.54, 1.807) is 16.8 Å². The minimum absolute atomic E-state index is 0.0944. The van der Waals surface area contributed by atoms with Crippen LogP contribution in [0, 0.1) is 0 Å². The van der Waals surface area contributed by atoms with Crippen molar-refractivity contribution in [2.75, 3.05) is 0 Å². The van der Waals surface area contributed by atoms with Gasteiger partial charge in [-0.3, -0.25) is 9.36 Å². The van der Waals surface area contributed by atoms with Crippen molar-refractivity contribution in [1.82, 2.24) is 9.55 Å². The minimum atomic E-state index is -0.0944. The second kappa shape index (κ2) is 7.63. The molecule has 4 heteroatoms. The first-order valence-electron chi connectivity index (χ1n) is 10.3. The van der Waals surface area contributed by atoms with Gasteiger partial charge in [0.25, 0.3) is 5.56 Å². The van der Waals surface area contributed by atoms with Crippen LogP contribution in [0.5, 0.6) is 5.75 Å². The van der Waals surface area contributed by atoms with Crippen LogP contribution in [0.1, 0.15) is 36.1 Å². The zero-order valence-electron chi connectivity index (χ0n) is 16.4. The molecule has 1 aliphatic rings. The fourth-order valence-electron chi connectivity index (χ4n) is 4.23. The fraction of sp³-hybridized carbons (Fsp3) is 0.240. The molecule has 0 saturated heterocycles. The Morgan fingerprint density at radius 3 is 2.66 bits per heavy atom. The highest BCUT2D eigenvalue weighted by Crippen LogP contribution is 2.29. The molecule has 0 unspecified atom stereocenters. The van der Waals surface area contributed by atoms with Crippen LogP contribution in [0.4, 0.5) is 0 Å². The third-order valence-corrected chi connectivity index (χ3v) is 5.75. The average Bonchev–Trinajstić information content (AvgIpc) is 2.92. The molecule has 1 N–H and O–H groups in total. The van der Waals surface area contributed by atoms with Gasteiger partial charge < -0.3 is 9.72 Å². The van der Waals surface area contributed by atoms with Crippen molar-refractivity contribution in [1.29, 1.82) is 0 Å². The zero-order chi connectivity index (χ0) is 19.6. The van der Waals surface area contributed by atoms with Gasteiger partial charge in [0.05, 0.1) is 5.69 Å². The molecule has 0 aliphatic heterocycles. The highest BCUT2D eigenvalue weighted by molar-refractivity contribution is 5.86. The van der Waals surface area contributed by atoms with Crippen molar-refractivity contribution >= 4 is 10.9 Å². The summed E-state index contributed by atoms with van der Waals surface area (Å²) in [7, 11) is 0. The molecular weight excluding hydrogens is 360 g/mol. The summed E-state index contributed by atoms with van der Waals surface area (Å²) in [6.45, 7) is 0.449. The number of benzene rings is 2.